The fraction of sp³-hybridized carbons (Fsp3) is 0.455. The molecule has 1 aliphatic heterocycles. The van der Waals surface area contributed by atoms with Crippen LogP contribution >= 0.6 is 0 Å². The highest BCUT2D eigenvalue weighted by Crippen LogP contribution is 2.37. The minimum absolute atomic E-state index is 0.300. The molecule has 25 heavy (non-hydrogen) atoms. The summed E-state index contributed by atoms with van der Waals surface area (Å²) in [4.78, 5) is 0. The largest absolute Gasteiger partial charge is 0.494 e. The first kappa shape index (κ1) is 18.2. The number of hydrogen-bond acceptors (Lipinski definition) is 2. The fourth-order valence-electron chi connectivity index (χ4n) is 3.39. The molecule has 0 amide bonds. The molecule has 2 aromatic rings. The molecule has 1 fully saturated rings. The van der Waals surface area contributed by atoms with Crippen LogP contribution in [0.4, 0.5) is 0 Å². The zero-order valence-electron chi connectivity index (χ0n) is 16.3. The van der Waals surface area contributed by atoms with Gasteiger partial charge < -0.3 is 9.31 Å². The van der Waals surface area contributed by atoms with Crippen LogP contribution in [0.3, 0.4) is 0 Å². The van der Waals surface area contributed by atoms with Gasteiger partial charge in [-0.05, 0) is 68.3 Å². The maximum atomic E-state index is 6.22. The Kier molecular flexibility index (Phi) is 4.83. The molecule has 2 aromatic carbocycles. The maximum absolute atomic E-state index is 6.22. The van der Waals surface area contributed by atoms with Crippen molar-refractivity contribution in [2.75, 3.05) is 0 Å². The van der Waals surface area contributed by atoms with Gasteiger partial charge in [-0.15, -0.1) is 0 Å². The van der Waals surface area contributed by atoms with E-state index in [9.17, 15) is 0 Å². The summed E-state index contributed by atoms with van der Waals surface area (Å²) in [5, 5.41) is 0. The minimum Gasteiger partial charge on any atom is -0.399 e. The Hall–Kier alpha value is -1.58. The summed E-state index contributed by atoms with van der Waals surface area (Å²) < 4.78 is 12.4. The third kappa shape index (κ3) is 3.28. The maximum Gasteiger partial charge on any atom is 0.494 e. The molecule has 0 saturated carbocycles. The zero-order chi connectivity index (χ0) is 18.2. The minimum atomic E-state index is -0.308. The predicted octanol–water partition coefficient (Wildman–Crippen LogP) is 4.78. The van der Waals surface area contributed by atoms with Crippen molar-refractivity contribution in [1.82, 2.24) is 0 Å². The van der Waals surface area contributed by atoms with Crippen LogP contribution < -0.4 is 5.46 Å². The molecule has 1 aliphatic rings. The summed E-state index contributed by atoms with van der Waals surface area (Å²) in [6.45, 7) is 12.8. The summed E-state index contributed by atoms with van der Waals surface area (Å²) in [6.07, 6.45) is 2.03. The van der Waals surface area contributed by atoms with Gasteiger partial charge in [-0.25, -0.2) is 0 Å². The SMILES string of the molecule is CCc1ccccc1-c1ccc(B2OC(C)(C)C(C)(C)O2)cc1CC. The average Bonchev–Trinajstić information content (AvgIpc) is 2.82. The van der Waals surface area contributed by atoms with Crippen LogP contribution in [0.1, 0.15) is 52.7 Å². The number of aryl methyl sites for hydroxylation is 2. The van der Waals surface area contributed by atoms with Crippen molar-refractivity contribution in [2.45, 2.75) is 65.6 Å². The van der Waals surface area contributed by atoms with Crippen molar-refractivity contribution in [1.29, 1.82) is 0 Å². The number of benzene rings is 2. The van der Waals surface area contributed by atoms with Gasteiger partial charge in [0.05, 0.1) is 11.2 Å². The van der Waals surface area contributed by atoms with E-state index in [1.54, 1.807) is 0 Å². The van der Waals surface area contributed by atoms with E-state index in [1.165, 1.54) is 22.3 Å². The molecule has 0 spiro atoms. The lowest BCUT2D eigenvalue weighted by atomic mass is 9.76. The van der Waals surface area contributed by atoms with Gasteiger partial charge >= 0.3 is 7.12 Å². The smallest absolute Gasteiger partial charge is 0.399 e. The van der Waals surface area contributed by atoms with Crippen LogP contribution in [-0.2, 0) is 22.2 Å². The lowest BCUT2D eigenvalue weighted by Crippen LogP contribution is -2.41. The van der Waals surface area contributed by atoms with Crippen molar-refractivity contribution in [3.63, 3.8) is 0 Å². The highest BCUT2D eigenvalue weighted by atomic mass is 16.7. The molecular weight excluding hydrogens is 307 g/mol. The van der Waals surface area contributed by atoms with Crippen LogP contribution in [0.5, 0.6) is 0 Å². The molecule has 0 bridgehead atoms. The normalized spacial score (nSPS) is 18.6. The van der Waals surface area contributed by atoms with Crippen molar-refractivity contribution >= 4 is 12.6 Å². The third-order valence-electron chi connectivity index (χ3n) is 5.72. The summed E-state index contributed by atoms with van der Waals surface area (Å²) in [6, 6.07) is 15.3. The molecule has 0 aliphatic carbocycles. The van der Waals surface area contributed by atoms with Gasteiger partial charge in [-0.2, -0.15) is 0 Å². The van der Waals surface area contributed by atoms with E-state index in [0.717, 1.165) is 18.3 Å². The lowest BCUT2D eigenvalue weighted by molar-refractivity contribution is 0.00578. The number of rotatable bonds is 4. The van der Waals surface area contributed by atoms with Crippen molar-refractivity contribution in [2.24, 2.45) is 0 Å². The van der Waals surface area contributed by atoms with E-state index in [2.05, 4.69) is 84.0 Å². The van der Waals surface area contributed by atoms with Gasteiger partial charge in [-0.3, -0.25) is 0 Å². The Labute approximate surface area is 152 Å². The first-order valence-corrected chi connectivity index (χ1v) is 9.36. The first-order chi connectivity index (χ1) is 11.8. The van der Waals surface area contributed by atoms with Crippen molar-refractivity contribution in [3.05, 3.63) is 53.6 Å². The topological polar surface area (TPSA) is 18.5 Å². The van der Waals surface area contributed by atoms with Gasteiger partial charge in [0.1, 0.15) is 0 Å². The van der Waals surface area contributed by atoms with Crippen LogP contribution in [0.15, 0.2) is 42.5 Å². The second-order valence-electron chi connectivity index (χ2n) is 7.87. The lowest BCUT2D eigenvalue weighted by Gasteiger charge is -2.32. The summed E-state index contributed by atoms with van der Waals surface area (Å²) >= 11 is 0. The highest BCUT2D eigenvalue weighted by molar-refractivity contribution is 6.62. The second-order valence-corrected chi connectivity index (χ2v) is 7.87. The Morgan fingerprint density at radius 1 is 0.760 bits per heavy atom. The quantitative estimate of drug-likeness (QED) is 0.748. The molecule has 2 nitrogen and oxygen atoms in total. The van der Waals surface area contributed by atoms with E-state index < -0.39 is 0 Å². The average molecular weight is 336 g/mol. The van der Waals surface area contributed by atoms with Crippen LogP contribution in [0.2, 0.25) is 0 Å². The Morgan fingerprint density at radius 3 is 1.92 bits per heavy atom. The molecule has 3 heteroatoms. The zero-order valence-corrected chi connectivity index (χ0v) is 16.3. The molecule has 0 atom stereocenters. The summed E-state index contributed by atoms with van der Waals surface area (Å²) in [5.41, 5.74) is 5.87. The highest BCUT2D eigenvalue weighted by Gasteiger charge is 2.51. The van der Waals surface area contributed by atoms with E-state index in [0.29, 0.717) is 0 Å². The molecule has 1 saturated heterocycles. The van der Waals surface area contributed by atoms with E-state index >= 15 is 0 Å². The Morgan fingerprint density at radius 2 is 1.32 bits per heavy atom. The number of hydrogen-bond donors (Lipinski definition) is 0. The van der Waals surface area contributed by atoms with Gasteiger partial charge in [0, 0.05) is 0 Å². The molecule has 3 rings (SSSR count). The van der Waals surface area contributed by atoms with Crippen LogP contribution in [0, 0.1) is 0 Å². The van der Waals surface area contributed by atoms with Crippen LogP contribution in [-0.4, -0.2) is 18.3 Å². The first-order valence-electron chi connectivity index (χ1n) is 9.36. The summed E-state index contributed by atoms with van der Waals surface area (Å²) in [7, 11) is -0.300. The predicted molar refractivity (Wildman–Crippen MR) is 106 cm³/mol. The second kappa shape index (κ2) is 6.62. The van der Waals surface area contributed by atoms with E-state index in [4.69, 9.17) is 9.31 Å². The fourth-order valence-corrected chi connectivity index (χ4v) is 3.39. The molecule has 0 unspecified atom stereocenters. The van der Waals surface area contributed by atoms with Crippen molar-refractivity contribution in [3.8, 4) is 11.1 Å². The molecule has 1 heterocycles. The van der Waals surface area contributed by atoms with Crippen LogP contribution in [0.25, 0.3) is 11.1 Å². The van der Waals surface area contributed by atoms with Gasteiger partial charge in [-0.1, -0.05) is 56.3 Å². The third-order valence-corrected chi connectivity index (χ3v) is 5.72. The molecule has 0 radical (unpaired) electrons. The standard InChI is InChI=1S/C22H29BO2/c1-7-16-11-9-10-12-19(16)20-14-13-18(15-17(20)8-2)23-24-21(3,4)22(5,6)25-23/h9-15H,7-8H2,1-6H3. The monoisotopic (exact) mass is 336 g/mol. The van der Waals surface area contributed by atoms with Gasteiger partial charge in [0.2, 0.25) is 0 Å². The molecule has 0 N–H and O–H groups in total. The van der Waals surface area contributed by atoms with E-state index in [1.807, 2.05) is 0 Å². The Bertz CT molecular complexity index is 748. The molecular formula is C22H29BO2. The van der Waals surface area contributed by atoms with Gasteiger partial charge in [0.15, 0.2) is 0 Å². The van der Waals surface area contributed by atoms with Crippen molar-refractivity contribution < 1.29 is 9.31 Å². The molecule has 132 valence electrons. The van der Waals surface area contributed by atoms with E-state index in [-0.39, 0.29) is 18.3 Å². The molecule has 0 aromatic heterocycles. The summed E-state index contributed by atoms with van der Waals surface area (Å²) in [5.74, 6) is 0. The van der Waals surface area contributed by atoms with Gasteiger partial charge in [0.25, 0.3) is 0 Å². The Balaban J connectivity index is 1.99.